The van der Waals surface area contributed by atoms with Crippen LogP contribution >= 0.6 is 21.8 Å². The van der Waals surface area contributed by atoms with Crippen molar-refractivity contribution in [3.05, 3.63) is 0 Å². The van der Waals surface area contributed by atoms with Crippen LogP contribution in [-0.4, -0.2) is 23.1 Å². The van der Waals surface area contributed by atoms with Gasteiger partial charge in [0.15, 0.2) is 0 Å². The normalized spacial score (nSPS) is 21.3. The minimum Gasteiger partial charge on any atom is -0.241 e. The molecule has 0 radical (unpaired) electrons. The van der Waals surface area contributed by atoms with E-state index in [1.54, 1.807) is 0 Å². The summed E-state index contributed by atoms with van der Waals surface area (Å²) < 4.78 is 2.48. The van der Waals surface area contributed by atoms with Gasteiger partial charge in [0.05, 0.1) is 0 Å². The van der Waals surface area contributed by atoms with Crippen molar-refractivity contribution in [3.8, 4) is 0 Å². The highest BCUT2D eigenvalue weighted by atomic mass is 33.1. The quantitative estimate of drug-likeness (QED) is 0.482. The molecule has 1 fully saturated rings. The van der Waals surface area contributed by atoms with Crippen LogP contribution in [0.3, 0.4) is 0 Å². The summed E-state index contributed by atoms with van der Waals surface area (Å²) in [6.07, 6.45) is 4.05. The van der Waals surface area contributed by atoms with Crippen LogP contribution in [0, 0.1) is 0 Å². The zero-order valence-corrected chi connectivity index (χ0v) is 8.14. The first-order valence-corrected chi connectivity index (χ1v) is 6.25. The molecular formula is C7H15NS2. The van der Waals surface area contributed by atoms with Crippen molar-refractivity contribution < 1.29 is 0 Å². The molecule has 0 saturated carbocycles. The molecule has 0 aromatic heterocycles. The molecule has 1 aliphatic rings. The second-order valence-electron chi connectivity index (χ2n) is 2.53. The van der Waals surface area contributed by atoms with E-state index in [1.165, 1.54) is 38.1 Å². The molecule has 0 unspecified atom stereocenters. The van der Waals surface area contributed by atoms with Gasteiger partial charge >= 0.3 is 0 Å². The summed E-state index contributed by atoms with van der Waals surface area (Å²) in [5.74, 6) is 1.34. The van der Waals surface area contributed by atoms with Gasteiger partial charge in [-0.3, -0.25) is 0 Å². The van der Waals surface area contributed by atoms with Gasteiger partial charge in [-0.25, -0.2) is 4.31 Å². The molecule has 0 atom stereocenters. The molecular weight excluding hydrogens is 162 g/mol. The fraction of sp³-hybridized carbons (Fsp3) is 1.00. The van der Waals surface area contributed by atoms with Gasteiger partial charge in [-0.05, 0) is 23.8 Å². The number of nitrogens with zero attached hydrogens (tertiary/aromatic N) is 1. The zero-order valence-electron chi connectivity index (χ0n) is 6.51. The Labute approximate surface area is 71.5 Å². The van der Waals surface area contributed by atoms with E-state index >= 15 is 0 Å². The summed E-state index contributed by atoms with van der Waals surface area (Å²) in [5, 5.41) is 0. The molecule has 0 aliphatic carbocycles. The first kappa shape index (κ1) is 8.75. The Hall–Kier alpha value is 0.660. The molecule has 60 valence electrons. The lowest BCUT2D eigenvalue weighted by Gasteiger charge is -2.23. The maximum Gasteiger partial charge on any atom is 0.0105 e. The van der Waals surface area contributed by atoms with E-state index in [4.69, 9.17) is 0 Å². The first-order chi connectivity index (χ1) is 4.93. The van der Waals surface area contributed by atoms with Gasteiger partial charge in [0.25, 0.3) is 0 Å². The second kappa shape index (κ2) is 5.33. The molecule has 3 heteroatoms. The number of hydrogen-bond donors (Lipinski definition) is 0. The summed E-state index contributed by atoms with van der Waals surface area (Å²) in [5.41, 5.74) is 0. The summed E-state index contributed by atoms with van der Waals surface area (Å²) in [7, 11) is 3.95. The highest BCUT2D eigenvalue weighted by Crippen LogP contribution is 2.31. The van der Waals surface area contributed by atoms with Gasteiger partial charge in [-0.15, -0.1) is 0 Å². The van der Waals surface area contributed by atoms with Crippen LogP contribution in [0.1, 0.15) is 26.2 Å². The smallest absolute Gasteiger partial charge is 0.0105 e. The van der Waals surface area contributed by atoms with Gasteiger partial charge in [0.1, 0.15) is 0 Å². The van der Waals surface area contributed by atoms with Gasteiger partial charge in [0, 0.05) is 18.8 Å². The van der Waals surface area contributed by atoms with Gasteiger partial charge < -0.3 is 0 Å². The molecule has 1 rings (SSSR count). The molecule has 0 spiro atoms. The highest BCUT2D eigenvalue weighted by molar-refractivity contribution is 8.75. The van der Waals surface area contributed by atoms with Gasteiger partial charge in [-0.1, -0.05) is 24.1 Å². The van der Waals surface area contributed by atoms with Crippen molar-refractivity contribution in [2.24, 2.45) is 0 Å². The molecule has 1 heterocycles. The van der Waals surface area contributed by atoms with Gasteiger partial charge in [-0.2, -0.15) is 0 Å². The Morgan fingerprint density at radius 1 is 1.50 bits per heavy atom. The van der Waals surface area contributed by atoms with Crippen molar-refractivity contribution in [1.29, 1.82) is 0 Å². The third kappa shape index (κ3) is 3.17. The minimum absolute atomic E-state index is 1.29. The summed E-state index contributed by atoms with van der Waals surface area (Å²) in [6, 6.07) is 0. The largest absolute Gasteiger partial charge is 0.241 e. The molecule has 0 bridgehead atoms. The molecule has 0 aromatic carbocycles. The molecule has 0 N–H and O–H groups in total. The Morgan fingerprint density at radius 3 is 3.00 bits per heavy atom. The highest BCUT2D eigenvalue weighted by Gasteiger charge is 2.09. The summed E-state index contributed by atoms with van der Waals surface area (Å²) >= 11 is 0. The maximum absolute atomic E-state index is 2.48. The van der Waals surface area contributed by atoms with Crippen LogP contribution in [0.5, 0.6) is 0 Å². The second-order valence-corrected chi connectivity index (χ2v) is 5.00. The van der Waals surface area contributed by atoms with E-state index < -0.39 is 0 Å². The Morgan fingerprint density at radius 2 is 2.40 bits per heavy atom. The third-order valence-corrected chi connectivity index (χ3v) is 4.14. The molecule has 1 nitrogen and oxygen atoms in total. The van der Waals surface area contributed by atoms with Crippen molar-refractivity contribution in [2.75, 3.05) is 18.8 Å². The maximum atomic E-state index is 2.48. The lowest BCUT2D eigenvalue weighted by Crippen LogP contribution is -2.20. The average Bonchev–Trinajstić information content (AvgIpc) is 2.03. The predicted octanol–water partition coefficient (Wildman–Crippen LogP) is 2.79. The number of hydrogen-bond acceptors (Lipinski definition) is 3. The fourth-order valence-electron chi connectivity index (χ4n) is 0.932. The third-order valence-electron chi connectivity index (χ3n) is 1.55. The number of unbranched alkanes of at least 4 members (excludes halogenated alkanes) is 1. The van der Waals surface area contributed by atoms with Crippen LogP contribution in [0.25, 0.3) is 0 Å². The zero-order chi connectivity index (χ0) is 7.23. The van der Waals surface area contributed by atoms with Crippen molar-refractivity contribution in [2.45, 2.75) is 26.2 Å². The standard InChI is InChI=1S/C7H15NS2/c1-2-3-5-8-6-4-7-9-10-8/h2-7H2,1H3. The van der Waals surface area contributed by atoms with E-state index in [-0.39, 0.29) is 0 Å². The SMILES string of the molecule is CCCCN1CCCSS1. The molecule has 0 aromatic rings. The van der Waals surface area contributed by atoms with Gasteiger partial charge in [0.2, 0.25) is 0 Å². The van der Waals surface area contributed by atoms with Crippen LogP contribution in [-0.2, 0) is 0 Å². The van der Waals surface area contributed by atoms with E-state index in [2.05, 4.69) is 11.2 Å². The molecule has 1 aliphatic heterocycles. The molecule has 10 heavy (non-hydrogen) atoms. The van der Waals surface area contributed by atoms with E-state index in [0.29, 0.717) is 0 Å². The fourth-order valence-corrected chi connectivity index (χ4v) is 3.28. The van der Waals surface area contributed by atoms with E-state index in [9.17, 15) is 0 Å². The Balaban J connectivity index is 2.02. The summed E-state index contributed by atoms with van der Waals surface area (Å²) in [6.45, 7) is 4.84. The van der Waals surface area contributed by atoms with Crippen LogP contribution in [0.4, 0.5) is 0 Å². The Kier molecular flexibility index (Phi) is 4.66. The van der Waals surface area contributed by atoms with Crippen LogP contribution in [0.2, 0.25) is 0 Å². The number of rotatable bonds is 3. The molecule has 0 amide bonds. The minimum atomic E-state index is 1.29. The van der Waals surface area contributed by atoms with Crippen LogP contribution < -0.4 is 0 Å². The molecule has 1 saturated heterocycles. The average molecular weight is 177 g/mol. The van der Waals surface area contributed by atoms with Crippen molar-refractivity contribution in [3.63, 3.8) is 0 Å². The Bertz CT molecular complexity index is 81.7. The van der Waals surface area contributed by atoms with E-state index in [1.807, 2.05) is 21.8 Å². The van der Waals surface area contributed by atoms with Crippen LogP contribution in [0.15, 0.2) is 0 Å². The monoisotopic (exact) mass is 177 g/mol. The first-order valence-electron chi connectivity index (χ1n) is 3.98. The van der Waals surface area contributed by atoms with Crippen molar-refractivity contribution >= 4 is 21.8 Å². The van der Waals surface area contributed by atoms with E-state index in [0.717, 1.165) is 0 Å². The lowest BCUT2D eigenvalue weighted by molar-refractivity contribution is 0.458. The predicted molar refractivity (Wildman–Crippen MR) is 51.1 cm³/mol. The van der Waals surface area contributed by atoms with Crippen molar-refractivity contribution in [1.82, 2.24) is 4.31 Å². The lowest BCUT2D eigenvalue weighted by atomic mass is 10.3. The summed E-state index contributed by atoms with van der Waals surface area (Å²) in [4.78, 5) is 0. The topological polar surface area (TPSA) is 3.24 Å².